The summed E-state index contributed by atoms with van der Waals surface area (Å²) in [4.78, 5) is 0. The van der Waals surface area contributed by atoms with Crippen molar-refractivity contribution in [2.24, 2.45) is 5.14 Å². The van der Waals surface area contributed by atoms with Crippen LogP contribution >= 0.6 is 11.6 Å². The van der Waals surface area contributed by atoms with E-state index in [4.69, 9.17) is 25.9 Å². The summed E-state index contributed by atoms with van der Waals surface area (Å²) in [5.41, 5.74) is 0.819. The van der Waals surface area contributed by atoms with Crippen molar-refractivity contribution in [1.29, 1.82) is 0 Å². The number of primary sulfonamides is 1. The van der Waals surface area contributed by atoms with E-state index in [0.29, 0.717) is 29.6 Å². The molecule has 114 valence electrons. The molecule has 0 bridgehead atoms. The Bertz CT molecular complexity index is 728. The number of furan rings is 1. The molecule has 0 saturated heterocycles. The van der Waals surface area contributed by atoms with E-state index in [1.54, 1.807) is 25.3 Å². The van der Waals surface area contributed by atoms with Crippen LogP contribution in [-0.4, -0.2) is 15.5 Å². The summed E-state index contributed by atoms with van der Waals surface area (Å²) in [6.07, 6.45) is 0. The van der Waals surface area contributed by atoms with Gasteiger partial charge in [-0.3, -0.25) is 0 Å². The van der Waals surface area contributed by atoms with Crippen LogP contribution in [0.5, 0.6) is 5.75 Å². The lowest BCUT2D eigenvalue weighted by atomic mass is 10.2. The van der Waals surface area contributed by atoms with Crippen LogP contribution in [0.3, 0.4) is 0 Å². The van der Waals surface area contributed by atoms with Crippen molar-refractivity contribution in [3.05, 3.63) is 46.7 Å². The van der Waals surface area contributed by atoms with Gasteiger partial charge in [0.25, 0.3) is 10.0 Å². The zero-order chi connectivity index (χ0) is 15.5. The number of methoxy groups -OCH3 is 1. The molecule has 0 aliphatic heterocycles. The third-order valence-electron chi connectivity index (χ3n) is 2.81. The minimum atomic E-state index is -3.81. The van der Waals surface area contributed by atoms with Gasteiger partial charge in [0.15, 0.2) is 0 Å². The third-order valence-corrected chi connectivity index (χ3v) is 3.95. The van der Waals surface area contributed by atoms with Crippen molar-refractivity contribution >= 4 is 21.6 Å². The minimum absolute atomic E-state index is 0.255. The number of hydrogen-bond acceptors (Lipinski definition) is 5. The second-order valence-electron chi connectivity index (χ2n) is 4.29. The third kappa shape index (κ3) is 3.98. The Kier molecular flexibility index (Phi) is 4.89. The smallest absolute Gasteiger partial charge is 0.271 e. The normalized spacial score (nSPS) is 11.6. The molecule has 6 nitrogen and oxygen atoms in total. The van der Waals surface area contributed by atoms with Crippen molar-refractivity contribution in [2.75, 3.05) is 7.11 Å². The van der Waals surface area contributed by atoms with Crippen LogP contribution in [0.1, 0.15) is 11.3 Å². The van der Waals surface area contributed by atoms with E-state index in [-0.39, 0.29) is 5.09 Å². The van der Waals surface area contributed by atoms with Gasteiger partial charge >= 0.3 is 0 Å². The number of halogens is 1. The first kappa shape index (κ1) is 15.8. The van der Waals surface area contributed by atoms with Gasteiger partial charge in [-0.1, -0.05) is 17.7 Å². The van der Waals surface area contributed by atoms with Crippen LogP contribution in [0.15, 0.2) is 39.8 Å². The molecule has 0 atom stereocenters. The van der Waals surface area contributed by atoms with E-state index < -0.39 is 10.0 Å². The number of nitrogens with two attached hydrogens (primary N) is 1. The molecule has 0 aliphatic carbocycles. The van der Waals surface area contributed by atoms with Crippen molar-refractivity contribution in [2.45, 2.75) is 18.2 Å². The molecule has 1 heterocycles. The molecule has 0 radical (unpaired) electrons. The van der Waals surface area contributed by atoms with E-state index in [2.05, 4.69) is 5.32 Å². The summed E-state index contributed by atoms with van der Waals surface area (Å²) < 4.78 is 32.6. The van der Waals surface area contributed by atoms with Crippen molar-refractivity contribution < 1.29 is 17.6 Å². The maximum Gasteiger partial charge on any atom is 0.271 e. The van der Waals surface area contributed by atoms with Gasteiger partial charge in [-0.05, 0) is 24.3 Å². The highest BCUT2D eigenvalue weighted by atomic mass is 35.5. The van der Waals surface area contributed by atoms with Gasteiger partial charge in [-0.25, -0.2) is 13.6 Å². The van der Waals surface area contributed by atoms with E-state index in [1.807, 2.05) is 6.07 Å². The van der Waals surface area contributed by atoms with E-state index in [0.717, 1.165) is 5.56 Å². The molecule has 2 rings (SSSR count). The number of ether oxygens (including phenoxy) is 1. The highest BCUT2D eigenvalue weighted by Crippen LogP contribution is 2.26. The molecule has 21 heavy (non-hydrogen) atoms. The van der Waals surface area contributed by atoms with Gasteiger partial charge in [0.05, 0.1) is 13.7 Å². The van der Waals surface area contributed by atoms with Crippen LogP contribution in [0, 0.1) is 0 Å². The van der Waals surface area contributed by atoms with E-state index >= 15 is 0 Å². The zero-order valence-corrected chi connectivity index (χ0v) is 12.9. The number of sulfonamides is 1. The first-order chi connectivity index (χ1) is 9.91. The lowest BCUT2D eigenvalue weighted by Gasteiger charge is -2.10. The van der Waals surface area contributed by atoms with Crippen LogP contribution in [0.25, 0.3) is 0 Å². The highest BCUT2D eigenvalue weighted by molar-refractivity contribution is 7.89. The summed E-state index contributed by atoms with van der Waals surface area (Å²) in [5.74, 6) is 1.14. The topological polar surface area (TPSA) is 94.6 Å². The van der Waals surface area contributed by atoms with Gasteiger partial charge in [0.1, 0.15) is 11.5 Å². The van der Waals surface area contributed by atoms with Gasteiger partial charge in [-0.15, -0.1) is 0 Å². The molecule has 0 aliphatic rings. The maximum absolute atomic E-state index is 11.1. The average molecular weight is 331 g/mol. The lowest BCUT2D eigenvalue weighted by molar-refractivity contribution is 0.395. The Morgan fingerprint density at radius 3 is 2.67 bits per heavy atom. The first-order valence-corrected chi connectivity index (χ1v) is 7.98. The first-order valence-electron chi connectivity index (χ1n) is 6.05. The Hall–Kier alpha value is -1.54. The summed E-state index contributed by atoms with van der Waals surface area (Å²) in [6.45, 7) is 0.790. The van der Waals surface area contributed by atoms with Crippen molar-refractivity contribution in [1.82, 2.24) is 5.32 Å². The fourth-order valence-electron chi connectivity index (χ4n) is 1.82. The maximum atomic E-state index is 11.1. The molecule has 0 spiro atoms. The second kappa shape index (κ2) is 6.48. The zero-order valence-electron chi connectivity index (χ0n) is 11.3. The molecule has 0 saturated carbocycles. The number of hydrogen-bond donors (Lipinski definition) is 2. The summed E-state index contributed by atoms with van der Waals surface area (Å²) in [5, 5.41) is 8.41. The SMILES string of the molecule is COc1cccc(Cl)c1CNCc1ccc(S(N)(=O)=O)o1. The fourth-order valence-corrected chi connectivity index (χ4v) is 2.53. The Morgan fingerprint density at radius 2 is 2.05 bits per heavy atom. The molecular formula is C13H15ClN2O4S. The average Bonchev–Trinajstić information content (AvgIpc) is 2.89. The molecule has 3 N–H and O–H groups in total. The fraction of sp³-hybridized carbons (Fsp3) is 0.231. The molecule has 2 aromatic rings. The van der Waals surface area contributed by atoms with Crippen molar-refractivity contribution in [3.63, 3.8) is 0 Å². The Labute approximate surface area is 127 Å². The molecule has 1 aromatic heterocycles. The molecule has 0 fully saturated rings. The largest absolute Gasteiger partial charge is 0.496 e. The lowest BCUT2D eigenvalue weighted by Crippen LogP contribution is -2.14. The van der Waals surface area contributed by atoms with Crippen LogP contribution in [-0.2, 0) is 23.1 Å². The number of nitrogens with one attached hydrogen (secondary N) is 1. The van der Waals surface area contributed by atoms with Gasteiger partial charge < -0.3 is 14.5 Å². The van der Waals surface area contributed by atoms with Gasteiger partial charge in [-0.2, -0.15) is 0 Å². The van der Waals surface area contributed by atoms with Crippen LogP contribution in [0.2, 0.25) is 5.02 Å². The monoisotopic (exact) mass is 330 g/mol. The number of rotatable bonds is 6. The molecular weight excluding hydrogens is 316 g/mol. The Balaban J connectivity index is 2.01. The van der Waals surface area contributed by atoms with Crippen molar-refractivity contribution in [3.8, 4) is 5.75 Å². The van der Waals surface area contributed by atoms with Crippen LogP contribution < -0.4 is 15.2 Å². The molecule has 0 amide bonds. The highest BCUT2D eigenvalue weighted by Gasteiger charge is 2.13. The molecule has 8 heteroatoms. The van der Waals surface area contributed by atoms with Crippen LogP contribution in [0.4, 0.5) is 0 Å². The van der Waals surface area contributed by atoms with Gasteiger partial charge in [0.2, 0.25) is 5.09 Å². The van der Waals surface area contributed by atoms with E-state index in [9.17, 15) is 8.42 Å². The quantitative estimate of drug-likeness (QED) is 0.843. The molecule has 1 aromatic carbocycles. The Morgan fingerprint density at radius 1 is 1.29 bits per heavy atom. The minimum Gasteiger partial charge on any atom is -0.496 e. The summed E-state index contributed by atoms with van der Waals surface area (Å²) in [7, 11) is -2.24. The number of benzene rings is 1. The summed E-state index contributed by atoms with van der Waals surface area (Å²) >= 11 is 6.11. The van der Waals surface area contributed by atoms with Gasteiger partial charge in [0, 0.05) is 17.1 Å². The van der Waals surface area contributed by atoms with E-state index in [1.165, 1.54) is 6.07 Å². The predicted molar refractivity (Wildman–Crippen MR) is 78.6 cm³/mol. The second-order valence-corrected chi connectivity index (χ2v) is 6.19. The standard InChI is InChI=1S/C13H15ClN2O4S/c1-19-12-4-2-3-11(14)10(12)8-16-7-9-5-6-13(20-9)21(15,17)18/h2-6,16H,7-8H2,1H3,(H2,15,17,18). The predicted octanol–water partition coefficient (Wildman–Crippen LogP) is 1.88. The summed E-state index contributed by atoms with van der Waals surface area (Å²) in [6, 6.07) is 8.26. The molecule has 0 unspecified atom stereocenters.